The summed E-state index contributed by atoms with van der Waals surface area (Å²) in [4.78, 5) is 12.7. The molecule has 0 aromatic heterocycles. The van der Waals surface area contributed by atoms with Crippen molar-refractivity contribution in [2.24, 2.45) is 0 Å². The van der Waals surface area contributed by atoms with Crippen molar-refractivity contribution >= 4 is 14.0 Å². The Morgan fingerprint density at radius 2 is 1.81 bits per heavy atom. The molecule has 1 aromatic rings. The molecule has 0 radical (unpaired) electrons. The maximum atomic E-state index is 12.7. The van der Waals surface area contributed by atoms with Gasteiger partial charge in [0.25, 0.3) is 0 Å². The van der Waals surface area contributed by atoms with Gasteiger partial charge in [0.1, 0.15) is 5.41 Å². The first kappa shape index (κ1) is 16.0. The first-order chi connectivity index (χ1) is 9.90. The van der Waals surface area contributed by atoms with Crippen molar-refractivity contribution in [3.63, 3.8) is 0 Å². The Balaban J connectivity index is 2.51. The Morgan fingerprint density at radius 3 is 2.29 bits per heavy atom. The minimum atomic E-state index is -1.55. The zero-order chi connectivity index (χ0) is 15.7. The highest BCUT2D eigenvalue weighted by Crippen LogP contribution is 2.60. The zero-order valence-corrected chi connectivity index (χ0v) is 14.8. The SMILES string of the molecule is CCCCC1=C([Si](C)(C)C)C1(C(=O)OC)c1ccccc1. The molecule has 0 saturated heterocycles. The van der Waals surface area contributed by atoms with E-state index in [4.69, 9.17) is 4.74 Å². The summed E-state index contributed by atoms with van der Waals surface area (Å²) in [6.45, 7) is 9.16. The van der Waals surface area contributed by atoms with Gasteiger partial charge in [0.05, 0.1) is 15.2 Å². The largest absolute Gasteiger partial charge is 0.468 e. The van der Waals surface area contributed by atoms with E-state index in [1.165, 1.54) is 17.9 Å². The molecule has 2 rings (SSSR count). The number of unbranched alkanes of at least 4 members (excludes halogenated alkanes) is 1. The van der Waals surface area contributed by atoms with Crippen LogP contribution in [-0.2, 0) is 14.9 Å². The number of benzene rings is 1. The van der Waals surface area contributed by atoms with Gasteiger partial charge in [-0.05, 0) is 24.0 Å². The molecule has 3 heteroatoms. The number of hydrogen-bond donors (Lipinski definition) is 0. The average Bonchev–Trinajstić information content (AvgIpc) is 3.15. The molecule has 0 spiro atoms. The van der Waals surface area contributed by atoms with Gasteiger partial charge < -0.3 is 4.74 Å². The Hall–Kier alpha value is -1.35. The van der Waals surface area contributed by atoms with Gasteiger partial charge in [-0.15, -0.1) is 0 Å². The first-order valence-electron chi connectivity index (χ1n) is 7.79. The Bertz CT molecular complexity index is 554. The highest BCUT2D eigenvalue weighted by Gasteiger charge is 2.63. The molecule has 0 aliphatic heterocycles. The Morgan fingerprint density at radius 1 is 1.19 bits per heavy atom. The van der Waals surface area contributed by atoms with E-state index >= 15 is 0 Å². The lowest BCUT2D eigenvalue weighted by Gasteiger charge is -2.23. The fourth-order valence-electron chi connectivity index (χ4n) is 3.52. The molecule has 0 fully saturated rings. The van der Waals surface area contributed by atoms with Crippen molar-refractivity contribution in [3.05, 3.63) is 46.7 Å². The maximum absolute atomic E-state index is 12.7. The Labute approximate surface area is 129 Å². The summed E-state index contributed by atoms with van der Waals surface area (Å²) in [6, 6.07) is 10.2. The van der Waals surface area contributed by atoms with Gasteiger partial charge >= 0.3 is 5.97 Å². The van der Waals surface area contributed by atoms with Gasteiger partial charge in [-0.2, -0.15) is 0 Å². The van der Waals surface area contributed by atoms with Crippen LogP contribution in [0.1, 0.15) is 31.7 Å². The van der Waals surface area contributed by atoms with Crippen LogP contribution in [0.2, 0.25) is 19.6 Å². The van der Waals surface area contributed by atoms with E-state index < -0.39 is 13.5 Å². The molecule has 114 valence electrons. The van der Waals surface area contributed by atoms with E-state index in [1.54, 1.807) is 0 Å². The summed E-state index contributed by atoms with van der Waals surface area (Å²) in [6.07, 6.45) is 3.30. The topological polar surface area (TPSA) is 26.3 Å². The highest BCUT2D eigenvalue weighted by atomic mass is 28.3. The van der Waals surface area contributed by atoms with Gasteiger partial charge in [0.2, 0.25) is 0 Å². The highest BCUT2D eigenvalue weighted by molar-refractivity contribution is 6.85. The summed E-state index contributed by atoms with van der Waals surface area (Å²) in [7, 11) is -0.0504. The second-order valence-corrected chi connectivity index (χ2v) is 11.8. The normalized spacial score (nSPS) is 21.4. The molecule has 0 saturated carbocycles. The van der Waals surface area contributed by atoms with Crippen LogP contribution in [0, 0.1) is 0 Å². The van der Waals surface area contributed by atoms with Crippen molar-refractivity contribution < 1.29 is 9.53 Å². The van der Waals surface area contributed by atoms with Crippen molar-refractivity contribution in [3.8, 4) is 0 Å². The fourth-order valence-corrected chi connectivity index (χ4v) is 6.19. The standard InChI is InChI=1S/C18H26O2Si/c1-6-7-13-15-16(21(3,4)5)18(15,17(19)20-2)14-11-9-8-10-12-14/h8-12H,6-7,13H2,1-5H3. The summed E-state index contributed by atoms with van der Waals surface area (Å²) < 4.78 is 5.21. The molecule has 2 nitrogen and oxygen atoms in total. The number of carbonyl (C=O) groups excluding carboxylic acids is 1. The number of esters is 1. The van der Waals surface area contributed by atoms with Gasteiger partial charge in [0, 0.05) is 0 Å². The third kappa shape index (κ3) is 2.59. The minimum absolute atomic E-state index is 0.0998. The van der Waals surface area contributed by atoms with Crippen LogP contribution < -0.4 is 0 Å². The number of carbonyl (C=O) groups is 1. The molecular weight excluding hydrogens is 276 g/mol. The van der Waals surface area contributed by atoms with Crippen LogP contribution in [0.3, 0.4) is 0 Å². The van der Waals surface area contributed by atoms with Crippen LogP contribution in [-0.4, -0.2) is 21.2 Å². The third-order valence-corrected chi connectivity index (χ3v) is 6.47. The van der Waals surface area contributed by atoms with Crippen molar-refractivity contribution in [1.29, 1.82) is 0 Å². The summed E-state index contributed by atoms with van der Waals surface area (Å²) >= 11 is 0. The lowest BCUT2D eigenvalue weighted by Crippen LogP contribution is -2.34. The first-order valence-corrected chi connectivity index (χ1v) is 11.3. The number of rotatable bonds is 6. The molecule has 1 atom stereocenters. The lowest BCUT2D eigenvalue weighted by atomic mass is 9.89. The molecule has 0 bridgehead atoms. The fraction of sp³-hybridized carbons (Fsp3) is 0.500. The maximum Gasteiger partial charge on any atom is 0.324 e. The smallest absolute Gasteiger partial charge is 0.324 e. The summed E-state index contributed by atoms with van der Waals surface area (Å²) in [5, 5.41) is 1.39. The Kier molecular flexibility index (Phi) is 4.42. The number of methoxy groups -OCH3 is 1. The van der Waals surface area contributed by atoms with Gasteiger partial charge in [-0.1, -0.05) is 68.5 Å². The number of ether oxygens (including phenoxy) is 1. The quantitative estimate of drug-likeness (QED) is 0.572. The van der Waals surface area contributed by atoms with Gasteiger partial charge in [-0.25, -0.2) is 0 Å². The predicted molar refractivity (Wildman–Crippen MR) is 90.0 cm³/mol. The van der Waals surface area contributed by atoms with Crippen LogP contribution in [0.25, 0.3) is 0 Å². The summed E-state index contributed by atoms with van der Waals surface area (Å²) in [5.74, 6) is -0.0998. The van der Waals surface area contributed by atoms with Gasteiger partial charge in [-0.3, -0.25) is 4.79 Å². The molecule has 1 unspecified atom stereocenters. The molecule has 0 N–H and O–H groups in total. The monoisotopic (exact) mass is 302 g/mol. The molecular formula is C18H26O2Si. The average molecular weight is 302 g/mol. The molecule has 1 aliphatic carbocycles. The second-order valence-electron chi connectivity index (χ2n) is 6.81. The number of hydrogen-bond acceptors (Lipinski definition) is 2. The lowest BCUT2D eigenvalue weighted by molar-refractivity contribution is -0.143. The predicted octanol–water partition coefficient (Wildman–Crippen LogP) is 4.48. The van der Waals surface area contributed by atoms with E-state index in [9.17, 15) is 4.79 Å². The van der Waals surface area contributed by atoms with Crippen LogP contribution in [0.15, 0.2) is 41.1 Å². The van der Waals surface area contributed by atoms with E-state index in [0.717, 1.165) is 24.8 Å². The van der Waals surface area contributed by atoms with Crippen LogP contribution >= 0.6 is 0 Å². The van der Waals surface area contributed by atoms with Crippen molar-refractivity contribution in [2.45, 2.75) is 51.2 Å². The van der Waals surface area contributed by atoms with Crippen molar-refractivity contribution in [1.82, 2.24) is 0 Å². The van der Waals surface area contributed by atoms with E-state index in [1.807, 2.05) is 18.2 Å². The van der Waals surface area contributed by atoms with Crippen LogP contribution in [0.4, 0.5) is 0 Å². The second kappa shape index (κ2) is 5.80. The minimum Gasteiger partial charge on any atom is -0.468 e. The molecule has 0 amide bonds. The van der Waals surface area contributed by atoms with Gasteiger partial charge in [0.15, 0.2) is 0 Å². The zero-order valence-electron chi connectivity index (χ0n) is 13.8. The van der Waals surface area contributed by atoms with E-state index in [-0.39, 0.29) is 5.97 Å². The third-order valence-electron chi connectivity index (χ3n) is 4.30. The molecule has 1 aliphatic rings. The van der Waals surface area contributed by atoms with E-state index in [2.05, 4.69) is 38.7 Å². The van der Waals surface area contributed by atoms with Crippen molar-refractivity contribution in [2.75, 3.05) is 7.11 Å². The molecule has 0 heterocycles. The summed E-state index contributed by atoms with van der Waals surface area (Å²) in [5.41, 5.74) is 1.87. The molecule has 1 aromatic carbocycles. The van der Waals surface area contributed by atoms with E-state index in [0.29, 0.717) is 0 Å². The molecule has 21 heavy (non-hydrogen) atoms. The van der Waals surface area contributed by atoms with Crippen LogP contribution in [0.5, 0.6) is 0 Å².